The number of hydrogen-bond donors (Lipinski definition) is 1. The zero-order chi connectivity index (χ0) is 24.0. The molecule has 1 aliphatic rings. The molecule has 180 valence electrons. The molecule has 2 atom stereocenters. The maximum absolute atomic E-state index is 15.0. The number of alkyl halides is 2. The van der Waals surface area contributed by atoms with Gasteiger partial charge in [0.15, 0.2) is 5.82 Å². The monoisotopic (exact) mass is 463 g/mol. The maximum Gasteiger partial charge on any atom is 0.247 e. The van der Waals surface area contributed by atoms with Crippen LogP contribution >= 0.6 is 0 Å². The van der Waals surface area contributed by atoms with Gasteiger partial charge in [-0.3, -0.25) is 9.78 Å². The molecule has 1 amide bonds. The molecule has 0 bridgehead atoms. The maximum atomic E-state index is 15.0. The number of ether oxygens (including phenoxy) is 1. The topological polar surface area (TPSA) is 54.5 Å². The summed E-state index contributed by atoms with van der Waals surface area (Å²) in [5, 5.41) is 2.84. The number of aryl methyl sites for hydroxylation is 1. The van der Waals surface area contributed by atoms with Crippen LogP contribution in [0, 0.1) is 5.82 Å². The van der Waals surface area contributed by atoms with Crippen molar-refractivity contribution in [3.8, 4) is 5.75 Å². The second-order valence-electron chi connectivity index (χ2n) is 8.62. The predicted molar refractivity (Wildman–Crippen MR) is 122 cm³/mol. The summed E-state index contributed by atoms with van der Waals surface area (Å²) in [6.07, 6.45) is 2.08. The standard InChI is InChI=1S/C25H32F3N3O2/c1-4-25(27,28)13-5-6-22-24(26)23(11-14-29-22)31-15-12-21(16-31)33-20-9-7-19(8-10-20)17(2)30-18(3)32/h7-11,14,17,21H,4-6,12-13,15-16H2,1-3H3,(H,30,32)/t17-,21+/m0/s1. The largest absolute Gasteiger partial charge is 0.489 e. The number of amides is 1. The molecule has 0 spiro atoms. The third-order valence-corrected chi connectivity index (χ3v) is 6.00. The van der Waals surface area contributed by atoms with Crippen molar-refractivity contribution in [1.29, 1.82) is 0 Å². The van der Waals surface area contributed by atoms with Gasteiger partial charge in [0.05, 0.1) is 24.0 Å². The van der Waals surface area contributed by atoms with Gasteiger partial charge in [-0.15, -0.1) is 0 Å². The second-order valence-corrected chi connectivity index (χ2v) is 8.62. The second kappa shape index (κ2) is 10.9. The van der Waals surface area contributed by atoms with Crippen LogP contribution in [0.5, 0.6) is 5.75 Å². The van der Waals surface area contributed by atoms with E-state index < -0.39 is 11.7 Å². The molecule has 8 heteroatoms. The highest BCUT2D eigenvalue weighted by molar-refractivity contribution is 5.73. The Morgan fingerprint density at radius 1 is 1.30 bits per heavy atom. The Labute approximate surface area is 193 Å². The number of rotatable bonds is 10. The molecule has 1 saturated heterocycles. The van der Waals surface area contributed by atoms with Gasteiger partial charge in [0.2, 0.25) is 11.8 Å². The quantitative estimate of drug-likeness (QED) is 0.510. The van der Waals surface area contributed by atoms with Crippen LogP contribution in [0.4, 0.5) is 18.9 Å². The van der Waals surface area contributed by atoms with Crippen LogP contribution in [0.3, 0.4) is 0 Å². The summed E-state index contributed by atoms with van der Waals surface area (Å²) >= 11 is 0. The summed E-state index contributed by atoms with van der Waals surface area (Å²) in [6.45, 7) is 6.01. The van der Waals surface area contributed by atoms with Crippen LogP contribution in [0.15, 0.2) is 36.5 Å². The van der Waals surface area contributed by atoms with Crippen LogP contribution in [-0.2, 0) is 11.2 Å². The molecule has 0 aliphatic carbocycles. The lowest BCUT2D eigenvalue weighted by molar-refractivity contribution is -0.119. The predicted octanol–water partition coefficient (Wildman–Crippen LogP) is 5.44. The van der Waals surface area contributed by atoms with E-state index >= 15 is 4.39 Å². The van der Waals surface area contributed by atoms with E-state index in [0.717, 1.165) is 12.0 Å². The molecule has 0 saturated carbocycles. The van der Waals surface area contributed by atoms with Crippen LogP contribution in [0.2, 0.25) is 0 Å². The Morgan fingerprint density at radius 2 is 2.03 bits per heavy atom. The van der Waals surface area contributed by atoms with Crippen molar-refractivity contribution in [2.75, 3.05) is 18.0 Å². The number of halogens is 3. The molecule has 1 N–H and O–H groups in total. The average molecular weight is 464 g/mol. The van der Waals surface area contributed by atoms with Gasteiger partial charge in [-0.2, -0.15) is 0 Å². The molecule has 1 aliphatic heterocycles. The van der Waals surface area contributed by atoms with Crippen LogP contribution < -0.4 is 15.0 Å². The van der Waals surface area contributed by atoms with Crippen molar-refractivity contribution < 1.29 is 22.7 Å². The summed E-state index contributed by atoms with van der Waals surface area (Å²) < 4.78 is 48.0. The zero-order valence-electron chi connectivity index (χ0n) is 19.4. The van der Waals surface area contributed by atoms with Gasteiger partial charge >= 0.3 is 0 Å². The van der Waals surface area contributed by atoms with E-state index in [-0.39, 0.29) is 49.4 Å². The highest BCUT2D eigenvalue weighted by Crippen LogP contribution is 2.29. The molecular formula is C25H32F3N3O2. The lowest BCUT2D eigenvalue weighted by Crippen LogP contribution is -2.26. The van der Waals surface area contributed by atoms with Gasteiger partial charge in [0, 0.05) is 38.9 Å². The molecule has 1 aromatic carbocycles. The number of nitrogens with zero attached hydrogens (tertiary/aromatic N) is 2. The Morgan fingerprint density at radius 3 is 2.70 bits per heavy atom. The molecule has 33 heavy (non-hydrogen) atoms. The van der Waals surface area contributed by atoms with Crippen molar-refractivity contribution >= 4 is 11.6 Å². The highest BCUT2D eigenvalue weighted by Gasteiger charge is 2.28. The summed E-state index contributed by atoms with van der Waals surface area (Å²) in [6, 6.07) is 9.11. The number of nitrogens with one attached hydrogen (secondary N) is 1. The normalized spacial score (nSPS) is 17.2. The Hall–Kier alpha value is -2.77. The summed E-state index contributed by atoms with van der Waals surface area (Å²) in [4.78, 5) is 17.2. The molecule has 0 unspecified atom stereocenters. The minimum atomic E-state index is -2.71. The zero-order valence-corrected chi connectivity index (χ0v) is 19.4. The molecular weight excluding hydrogens is 431 g/mol. The third-order valence-electron chi connectivity index (χ3n) is 6.00. The van der Waals surface area contributed by atoms with Crippen molar-refractivity contribution in [1.82, 2.24) is 10.3 Å². The van der Waals surface area contributed by atoms with E-state index in [9.17, 15) is 13.6 Å². The van der Waals surface area contributed by atoms with Crippen molar-refractivity contribution in [3.05, 3.63) is 53.6 Å². The van der Waals surface area contributed by atoms with Crippen LogP contribution in [0.25, 0.3) is 0 Å². The minimum Gasteiger partial charge on any atom is -0.489 e. The first-order valence-corrected chi connectivity index (χ1v) is 11.5. The van der Waals surface area contributed by atoms with E-state index in [0.29, 0.717) is 24.5 Å². The van der Waals surface area contributed by atoms with E-state index in [4.69, 9.17) is 4.74 Å². The molecule has 1 fully saturated rings. The molecule has 0 radical (unpaired) electrons. The smallest absolute Gasteiger partial charge is 0.247 e. The number of pyridine rings is 1. The number of benzene rings is 1. The lowest BCUT2D eigenvalue weighted by atomic mass is 10.1. The summed E-state index contributed by atoms with van der Waals surface area (Å²) in [5.74, 6) is -2.52. The highest BCUT2D eigenvalue weighted by atomic mass is 19.3. The first kappa shape index (κ1) is 24.9. The number of aromatic nitrogens is 1. The summed E-state index contributed by atoms with van der Waals surface area (Å²) in [5.41, 5.74) is 1.65. The van der Waals surface area contributed by atoms with E-state index in [1.807, 2.05) is 36.1 Å². The van der Waals surface area contributed by atoms with Gasteiger partial charge in [0.1, 0.15) is 11.9 Å². The van der Waals surface area contributed by atoms with Crippen molar-refractivity contribution in [3.63, 3.8) is 0 Å². The molecule has 1 aromatic heterocycles. The first-order valence-electron chi connectivity index (χ1n) is 11.5. The number of anilines is 1. The Bertz CT molecular complexity index is 937. The molecule has 3 rings (SSSR count). The molecule has 5 nitrogen and oxygen atoms in total. The summed E-state index contributed by atoms with van der Waals surface area (Å²) in [7, 11) is 0. The van der Waals surface area contributed by atoms with E-state index in [2.05, 4.69) is 10.3 Å². The fraction of sp³-hybridized carbons (Fsp3) is 0.520. The molecule has 2 aromatic rings. The average Bonchev–Trinajstić information content (AvgIpc) is 3.23. The lowest BCUT2D eigenvalue weighted by Gasteiger charge is -2.21. The van der Waals surface area contributed by atoms with Gasteiger partial charge in [-0.05, 0) is 43.5 Å². The number of carbonyl (C=O) groups excluding carboxylic acids is 1. The fourth-order valence-electron chi connectivity index (χ4n) is 4.04. The molecule has 2 heterocycles. The van der Waals surface area contributed by atoms with E-state index in [1.54, 1.807) is 6.07 Å². The van der Waals surface area contributed by atoms with E-state index in [1.165, 1.54) is 20.0 Å². The SMILES string of the molecule is CCC(F)(F)CCCc1nccc(N2CC[C@@H](Oc3ccc([C@H](C)NC(C)=O)cc3)C2)c1F. The number of carbonyl (C=O) groups is 1. The minimum absolute atomic E-state index is 0.0840. The Kier molecular flexibility index (Phi) is 8.21. The Balaban J connectivity index is 1.57. The first-order chi connectivity index (χ1) is 15.7. The van der Waals surface area contributed by atoms with Gasteiger partial charge < -0.3 is 15.0 Å². The van der Waals surface area contributed by atoms with Gasteiger partial charge in [0.25, 0.3) is 0 Å². The van der Waals surface area contributed by atoms with Gasteiger partial charge in [-0.25, -0.2) is 13.2 Å². The fourth-order valence-corrected chi connectivity index (χ4v) is 4.04. The van der Waals surface area contributed by atoms with Crippen molar-refractivity contribution in [2.45, 2.75) is 70.9 Å². The van der Waals surface area contributed by atoms with Crippen molar-refractivity contribution in [2.24, 2.45) is 0 Å². The van der Waals surface area contributed by atoms with Crippen LogP contribution in [0.1, 0.15) is 63.8 Å². The van der Waals surface area contributed by atoms with Crippen LogP contribution in [-0.4, -0.2) is 36.0 Å². The third kappa shape index (κ3) is 6.85. The van der Waals surface area contributed by atoms with Gasteiger partial charge in [-0.1, -0.05) is 19.1 Å². The number of hydrogen-bond acceptors (Lipinski definition) is 4.